The van der Waals surface area contributed by atoms with Crippen molar-refractivity contribution in [1.29, 1.82) is 0 Å². The van der Waals surface area contributed by atoms with Crippen molar-refractivity contribution in [3.8, 4) is 11.5 Å². The smallest absolute Gasteiger partial charge is 0.280 e. The Kier molecular flexibility index (Phi) is 5.83. The van der Waals surface area contributed by atoms with Crippen LogP contribution in [-0.4, -0.2) is 46.4 Å². The number of hydrogen-bond acceptors (Lipinski definition) is 2. The molecule has 2 heterocycles. The van der Waals surface area contributed by atoms with Crippen LogP contribution in [0.25, 0.3) is 21.8 Å². The monoisotopic (exact) mass is 503 g/mol. The van der Waals surface area contributed by atoms with Crippen molar-refractivity contribution < 1.29 is 10.2 Å². The summed E-state index contributed by atoms with van der Waals surface area (Å²) in [5, 5.41) is 17.1. The summed E-state index contributed by atoms with van der Waals surface area (Å²) in [6.07, 6.45) is 3.42. The molecule has 0 atom stereocenters. The molecule has 0 spiro atoms. The third kappa shape index (κ3) is 3.94. The summed E-state index contributed by atoms with van der Waals surface area (Å²) < 4.78 is 0. The number of aromatic nitrogens is 2. The molecule has 23 heavy (non-hydrogen) atoms. The number of fused-ring (bicyclic) bond motifs is 2. The van der Waals surface area contributed by atoms with Gasteiger partial charge in [0.1, 0.15) is 0 Å². The summed E-state index contributed by atoms with van der Waals surface area (Å²) in [7, 11) is 0. The van der Waals surface area contributed by atoms with E-state index in [1.54, 1.807) is 24.5 Å². The average molecular weight is 503 g/mol. The normalized spacial score (nSPS) is 9.74. The van der Waals surface area contributed by atoms with Gasteiger partial charge in [0.05, 0.1) is 0 Å². The minimum Gasteiger partial charge on any atom is -0.592 e. The van der Waals surface area contributed by atoms with Gasteiger partial charge in [0.15, 0.2) is 11.0 Å². The molecular weight excluding hydrogens is 485 g/mol. The molecule has 2 aromatic carbocycles. The van der Waals surface area contributed by atoms with Gasteiger partial charge in [-0.1, -0.05) is 36.4 Å². The number of benzene rings is 2. The van der Waals surface area contributed by atoms with E-state index < -0.39 is 0 Å². The number of hydrogen-bond donors (Lipinski definition) is 0. The Morgan fingerprint density at radius 1 is 0.565 bits per heavy atom. The Bertz CT molecular complexity index is 841. The van der Waals surface area contributed by atoms with Crippen LogP contribution in [0, 0.1) is 0 Å². The van der Waals surface area contributed by atoms with Gasteiger partial charge in [-0.15, -0.1) is 0 Å². The van der Waals surface area contributed by atoms with E-state index in [4.69, 9.17) is 10.2 Å². The fourth-order valence-electron chi connectivity index (χ4n) is 2.21. The van der Waals surface area contributed by atoms with Gasteiger partial charge in [-0.3, -0.25) is 0 Å². The Balaban J connectivity index is 0.000000160. The van der Waals surface area contributed by atoms with Crippen LogP contribution in [0.4, 0.5) is 0 Å². The van der Waals surface area contributed by atoms with Crippen LogP contribution in [0.3, 0.4) is 0 Å². The number of nitrogens with zero attached hydrogens (tertiary/aromatic N) is 2. The van der Waals surface area contributed by atoms with E-state index in [0.29, 0.717) is 11.5 Å². The maximum Gasteiger partial charge on any atom is 0.280 e. The molecule has 0 saturated carbocycles. The second-order valence-corrected chi connectivity index (χ2v) is 4.76. The quantitative estimate of drug-likeness (QED) is 0.273. The zero-order valence-electron chi connectivity index (χ0n) is 12.4. The largest absolute Gasteiger partial charge is 0.592 e. The molecule has 0 amide bonds. The van der Waals surface area contributed by atoms with Crippen LogP contribution < -0.4 is 0 Å². The summed E-state index contributed by atoms with van der Waals surface area (Å²) in [6, 6.07) is 18.8. The fraction of sp³-hybridized carbons (Fsp3) is 0. The van der Waals surface area contributed by atoms with Crippen LogP contribution in [-0.2, 0) is 0 Å². The van der Waals surface area contributed by atoms with Crippen molar-refractivity contribution in [3.05, 3.63) is 73.1 Å². The van der Waals surface area contributed by atoms with Crippen molar-refractivity contribution in [2.45, 2.75) is 0 Å². The average Bonchev–Trinajstić information content (AvgIpc) is 2.57. The first-order valence-corrected chi connectivity index (χ1v) is 6.86. The molecule has 4 N–H and O–H groups in total. The van der Waals surface area contributed by atoms with Crippen LogP contribution in [0.5, 0.6) is 11.5 Å². The van der Waals surface area contributed by atoms with E-state index in [2.05, 4.69) is 9.97 Å². The van der Waals surface area contributed by atoms with Crippen molar-refractivity contribution in [3.63, 3.8) is 0 Å². The molecule has 0 unspecified atom stereocenters. The minimum atomic E-state index is 0. The molecule has 5 heteroatoms. The fourth-order valence-corrected chi connectivity index (χ4v) is 2.21. The molecule has 4 aromatic rings. The minimum absolute atomic E-state index is 0. The summed E-state index contributed by atoms with van der Waals surface area (Å²) in [5.74, 6) is 0.978. The van der Waals surface area contributed by atoms with Crippen molar-refractivity contribution in [1.82, 2.24) is 9.97 Å². The molecule has 4 rings (SSSR count). The molecule has 0 fully saturated rings. The van der Waals surface area contributed by atoms with Gasteiger partial charge in [-0.2, -0.15) is 0 Å². The molecule has 1 radical (unpaired) electrons. The summed E-state index contributed by atoms with van der Waals surface area (Å²) in [6.45, 7) is 0. The maximum absolute atomic E-state index is 7.50. The second-order valence-electron chi connectivity index (χ2n) is 4.76. The van der Waals surface area contributed by atoms with Gasteiger partial charge in [0.2, 0.25) is 0 Å². The Labute approximate surface area is 152 Å². The van der Waals surface area contributed by atoms with E-state index in [-0.39, 0.29) is 26.2 Å². The number of para-hydroxylation sites is 2. The third-order valence-electron chi connectivity index (χ3n) is 3.27. The summed E-state index contributed by atoms with van der Waals surface area (Å²) in [5.41, 5.74) is 1.55. The Hall–Kier alpha value is -2.26. The number of pyridine rings is 2. The molecule has 4 nitrogen and oxygen atoms in total. The van der Waals surface area contributed by atoms with Gasteiger partial charge in [0, 0.05) is 35.3 Å². The predicted octanol–water partition coefficient (Wildman–Crippen LogP) is 2.43. The summed E-state index contributed by atoms with van der Waals surface area (Å²) >= 11 is 0. The van der Waals surface area contributed by atoms with Gasteiger partial charge in [0.25, 0.3) is 11.5 Å². The topological polar surface area (TPSA) is 71.6 Å². The van der Waals surface area contributed by atoms with Gasteiger partial charge < -0.3 is 10.2 Å². The third-order valence-corrected chi connectivity index (χ3v) is 3.27. The van der Waals surface area contributed by atoms with Crippen LogP contribution in [0.2, 0.25) is 0 Å². The molecule has 2 aromatic heterocycles. The first-order valence-electron chi connectivity index (χ1n) is 6.86. The van der Waals surface area contributed by atoms with E-state index in [0.717, 1.165) is 21.8 Å². The molecule has 0 aliphatic rings. The molecule has 0 saturated heterocycles. The molecule has 0 aliphatic carbocycles. The van der Waals surface area contributed by atoms with E-state index in [1.807, 2.05) is 48.5 Å². The van der Waals surface area contributed by atoms with Crippen LogP contribution in [0.15, 0.2) is 73.1 Å². The van der Waals surface area contributed by atoms with Crippen LogP contribution >= 0.6 is 0 Å². The van der Waals surface area contributed by atoms with Crippen molar-refractivity contribution in [2.75, 3.05) is 0 Å². The molecular formula is C18H18BiN2O2+2. The van der Waals surface area contributed by atoms with Gasteiger partial charge >= 0.3 is 26.2 Å². The summed E-state index contributed by atoms with van der Waals surface area (Å²) in [4.78, 5) is 8.19. The zero-order chi connectivity index (χ0) is 15.4. The first-order chi connectivity index (χ1) is 10.8. The standard InChI is InChI=1S/2C9H7NO.Bi.2H/c2*11-8-5-1-3-7-4-2-6-10-9(7)8;;;/h2*1-6,11H;;;/p+2. The molecule has 0 aliphatic heterocycles. The van der Waals surface area contributed by atoms with Crippen molar-refractivity contribution >= 4 is 48.0 Å². The first kappa shape index (κ1) is 17.1. The Morgan fingerprint density at radius 3 is 1.35 bits per heavy atom. The maximum atomic E-state index is 7.50. The number of rotatable bonds is 0. The van der Waals surface area contributed by atoms with E-state index in [9.17, 15) is 0 Å². The Morgan fingerprint density at radius 2 is 0.957 bits per heavy atom. The molecule has 115 valence electrons. The van der Waals surface area contributed by atoms with Gasteiger partial charge in [-0.05, 0) is 12.1 Å². The van der Waals surface area contributed by atoms with Crippen molar-refractivity contribution in [2.24, 2.45) is 0 Å². The van der Waals surface area contributed by atoms with Gasteiger partial charge in [-0.25, -0.2) is 9.97 Å². The zero-order valence-corrected chi connectivity index (χ0v) is 16.9. The van der Waals surface area contributed by atoms with E-state index >= 15 is 0 Å². The SMILES string of the molecule is [BiH2].[OH2+]c1cccc2cccnc12.[OH2+]c1cccc2cccnc12. The van der Waals surface area contributed by atoms with E-state index in [1.165, 1.54) is 0 Å². The van der Waals surface area contributed by atoms with Crippen LogP contribution in [0.1, 0.15) is 0 Å². The molecule has 0 bridgehead atoms. The second kappa shape index (κ2) is 7.84. The predicted molar refractivity (Wildman–Crippen MR) is 98.1 cm³/mol.